The largest absolute Gasteiger partial charge is 0.588 e. The van der Waals surface area contributed by atoms with Gasteiger partial charge in [-0.2, -0.15) is 26.3 Å². The molecule has 1 amide bonds. The third-order valence-corrected chi connectivity index (χ3v) is 6.51. The first kappa shape index (κ1) is 26.6. The highest BCUT2D eigenvalue weighted by Crippen LogP contribution is 2.50. The number of carbonyl (C=O) groups excluding carboxylic acids is 1. The fourth-order valence-corrected chi connectivity index (χ4v) is 4.41. The summed E-state index contributed by atoms with van der Waals surface area (Å²) in [5.74, 6) is -1.39. The Labute approximate surface area is 207 Å². The minimum absolute atomic E-state index is 0.0177. The van der Waals surface area contributed by atoms with Gasteiger partial charge in [-0.05, 0) is 35.9 Å². The monoisotopic (exact) mass is 548 g/mol. The minimum atomic E-state index is -6.14. The molecule has 0 bridgehead atoms. The zero-order chi connectivity index (χ0) is 27.2. The van der Waals surface area contributed by atoms with E-state index in [2.05, 4.69) is 10.0 Å². The van der Waals surface area contributed by atoms with Crippen molar-refractivity contribution in [3.05, 3.63) is 72.0 Å². The van der Waals surface area contributed by atoms with E-state index in [1.165, 1.54) is 42.5 Å². The predicted molar refractivity (Wildman–Crippen MR) is 118 cm³/mol. The number of hydrogen-bond acceptors (Lipinski definition) is 5. The second-order valence-electron chi connectivity index (χ2n) is 7.84. The lowest BCUT2D eigenvalue weighted by Crippen LogP contribution is -2.53. The van der Waals surface area contributed by atoms with Crippen LogP contribution in [-0.4, -0.2) is 34.5 Å². The van der Waals surface area contributed by atoms with E-state index in [9.17, 15) is 45.2 Å². The van der Waals surface area contributed by atoms with Crippen molar-refractivity contribution in [1.82, 2.24) is 0 Å². The first-order valence-corrected chi connectivity index (χ1v) is 11.4. The molecule has 37 heavy (non-hydrogen) atoms. The van der Waals surface area contributed by atoms with Crippen LogP contribution in [0.1, 0.15) is 5.56 Å². The number of ether oxygens (including phenoxy) is 1. The highest BCUT2D eigenvalue weighted by atomic mass is 32.2. The third kappa shape index (κ3) is 5.04. The van der Waals surface area contributed by atoms with Crippen molar-refractivity contribution in [3.8, 4) is 16.9 Å². The van der Waals surface area contributed by atoms with Crippen molar-refractivity contribution < 1.29 is 49.9 Å². The summed E-state index contributed by atoms with van der Waals surface area (Å²) in [6.07, 6.45) is -12.3. The van der Waals surface area contributed by atoms with Crippen LogP contribution in [0.4, 0.5) is 42.1 Å². The molecule has 0 aliphatic carbocycles. The molecule has 0 fully saturated rings. The Bertz CT molecular complexity index is 1320. The van der Waals surface area contributed by atoms with E-state index in [-0.39, 0.29) is 34.6 Å². The number of hydrogen-bond donors (Lipinski definition) is 3. The molecular formula is C23H15F7N2O4S. The molecule has 3 aromatic rings. The SMILES string of the molecule is O=C1COc2ccc([S+]([O-])Nc3ccc(-c4ccc(C(O)(C(F)(F)F)C(F)(F)F)cc4F)cc3)cc2N1. The fourth-order valence-electron chi connectivity index (χ4n) is 3.52. The van der Waals surface area contributed by atoms with E-state index < -0.39 is 40.7 Å². The molecule has 1 aliphatic rings. The molecule has 0 aromatic heterocycles. The van der Waals surface area contributed by atoms with Crippen molar-refractivity contribution in [3.63, 3.8) is 0 Å². The van der Waals surface area contributed by atoms with Gasteiger partial charge in [0.05, 0.1) is 11.4 Å². The third-order valence-electron chi connectivity index (χ3n) is 5.41. The second kappa shape index (κ2) is 9.43. The number of alkyl halides is 6. The molecule has 0 saturated heterocycles. The van der Waals surface area contributed by atoms with Gasteiger partial charge in [0.1, 0.15) is 22.9 Å². The van der Waals surface area contributed by atoms with Gasteiger partial charge >= 0.3 is 12.4 Å². The van der Waals surface area contributed by atoms with E-state index in [1.54, 1.807) is 0 Å². The van der Waals surface area contributed by atoms with Crippen molar-refractivity contribution in [2.45, 2.75) is 22.8 Å². The lowest BCUT2D eigenvalue weighted by Gasteiger charge is -2.32. The van der Waals surface area contributed by atoms with Gasteiger partial charge in [0.2, 0.25) is 0 Å². The van der Waals surface area contributed by atoms with Gasteiger partial charge in [-0.25, -0.2) is 9.11 Å². The normalized spacial score (nSPS) is 14.9. The molecular weight excluding hydrogens is 533 g/mol. The molecule has 196 valence electrons. The summed E-state index contributed by atoms with van der Waals surface area (Å²) in [5, 5.41) is 12.0. The molecule has 1 aliphatic heterocycles. The van der Waals surface area contributed by atoms with Crippen LogP contribution in [0.15, 0.2) is 65.6 Å². The van der Waals surface area contributed by atoms with Crippen LogP contribution in [0.25, 0.3) is 11.1 Å². The number of amides is 1. The summed E-state index contributed by atoms with van der Waals surface area (Å²) >= 11 is -1.80. The Kier molecular flexibility index (Phi) is 6.77. The Morgan fingerprint density at radius 1 is 0.946 bits per heavy atom. The minimum Gasteiger partial charge on any atom is -0.588 e. The maximum absolute atomic E-state index is 14.6. The lowest BCUT2D eigenvalue weighted by molar-refractivity contribution is -0.376. The molecule has 4 rings (SSSR count). The van der Waals surface area contributed by atoms with Crippen LogP contribution in [-0.2, 0) is 21.8 Å². The first-order valence-electron chi connectivity index (χ1n) is 10.2. The van der Waals surface area contributed by atoms with Gasteiger partial charge in [-0.1, -0.05) is 24.3 Å². The van der Waals surface area contributed by atoms with E-state index >= 15 is 0 Å². The molecule has 3 N–H and O–H groups in total. The van der Waals surface area contributed by atoms with Crippen LogP contribution in [0.3, 0.4) is 0 Å². The van der Waals surface area contributed by atoms with E-state index in [1.807, 2.05) is 0 Å². The molecule has 1 unspecified atom stereocenters. The summed E-state index contributed by atoms with van der Waals surface area (Å²) in [4.78, 5) is 11.7. The van der Waals surface area contributed by atoms with Crippen LogP contribution < -0.4 is 14.8 Å². The van der Waals surface area contributed by atoms with Gasteiger partial charge in [-0.15, -0.1) is 0 Å². The molecule has 1 heterocycles. The number of anilines is 2. The average Bonchev–Trinajstić information content (AvgIpc) is 2.82. The molecule has 0 radical (unpaired) electrons. The number of carbonyl (C=O) groups is 1. The Morgan fingerprint density at radius 2 is 1.59 bits per heavy atom. The second-order valence-corrected chi connectivity index (χ2v) is 9.06. The van der Waals surface area contributed by atoms with Crippen LogP contribution in [0, 0.1) is 5.82 Å². The number of benzene rings is 3. The van der Waals surface area contributed by atoms with E-state index in [0.29, 0.717) is 29.3 Å². The summed E-state index contributed by atoms with van der Waals surface area (Å²) in [5.41, 5.74) is -6.57. The summed E-state index contributed by atoms with van der Waals surface area (Å²) in [7, 11) is 0. The molecule has 1 atom stereocenters. The maximum Gasteiger partial charge on any atom is 0.430 e. The topological polar surface area (TPSA) is 93.7 Å². The molecule has 0 saturated carbocycles. The quantitative estimate of drug-likeness (QED) is 0.299. The zero-order valence-electron chi connectivity index (χ0n) is 18.2. The average molecular weight is 548 g/mol. The van der Waals surface area contributed by atoms with Gasteiger partial charge in [0.25, 0.3) is 11.5 Å². The van der Waals surface area contributed by atoms with Crippen molar-refractivity contribution >= 4 is 28.6 Å². The van der Waals surface area contributed by atoms with E-state index in [4.69, 9.17) is 4.74 Å². The van der Waals surface area contributed by atoms with Gasteiger partial charge in [0, 0.05) is 17.2 Å². The first-order chi connectivity index (χ1) is 17.2. The maximum atomic E-state index is 14.6. The number of nitrogens with one attached hydrogen (secondary N) is 2. The summed E-state index contributed by atoms with van der Waals surface area (Å²) in [6.45, 7) is -0.144. The van der Waals surface area contributed by atoms with Gasteiger partial charge in [-0.3, -0.25) is 4.79 Å². The smallest absolute Gasteiger partial charge is 0.430 e. The van der Waals surface area contributed by atoms with Crippen LogP contribution in [0.2, 0.25) is 0 Å². The lowest BCUT2D eigenvalue weighted by atomic mass is 9.90. The number of aliphatic hydroxyl groups is 1. The predicted octanol–water partition coefficient (Wildman–Crippen LogP) is 5.27. The zero-order valence-corrected chi connectivity index (χ0v) is 19.0. The summed E-state index contributed by atoms with van der Waals surface area (Å²) < 4.78 is 114. The standard InChI is InChI=1S/C23H15F7N2O4S/c24-17-9-13(21(34,22(25,26)27)23(28,29)30)3-7-16(17)12-1-4-14(5-2-12)32-37(35)15-6-8-19-18(10-15)31-20(33)11-36-19/h1-10,32,34H,11H2,(H,31,33). The Morgan fingerprint density at radius 3 is 2.19 bits per heavy atom. The van der Waals surface area contributed by atoms with Crippen molar-refractivity contribution in [2.24, 2.45) is 0 Å². The van der Waals surface area contributed by atoms with Gasteiger partial charge < -0.3 is 19.7 Å². The molecule has 14 heteroatoms. The number of rotatable bonds is 5. The van der Waals surface area contributed by atoms with E-state index in [0.717, 1.165) is 0 Å². The highest BCUT2D eigenvalue weighted by Gasteiger charge is 2.71. The highest BCUT2D eigenvalue weighted by molar-refractivity contribution is 7.92. The molecule has 6 nitrogen and oxygen atoms in total. The fraction of sp³-hybridized carbons (Fsp3) is 0.174. The number of halogens is 7. The molecule has 3 aromatic carbocycles. The Balaban J connectivity index is 1.53. The van der Waals surface area contributed by atoms with Gasteiger partial charge in [0.15, 0.2) is 11.5 Å². The summed E-state index contributed by atoms with van der Waals surface area (Å²) in [6, 6.07) is 10.8. The van der Waals surface area contributed by atoms with Crippen LogP contribution >= 0.6 is 0 Å². The Hall–Kier alpha value is -3.49. The molecule has 0 spiro atoms. The van der Waals surface area contributed by atoms with Crippen LogP contribution in [0.5, 0.6) is 5.75 Å². The van der Waals surface area contributed by atoms with Crippen molar-refractivity contribution in [1.29, 1.82) is 0 Å². The number of fused-ring (bicyclic) bond motifs is 1. The van der Waals surface area contributed by atoms with Crippen molar-refractivity contribution in [2.75, 3.05) is 16.6 Å².